The first kappa shape index (κ1) is 18.2. The predicted molar refractivity (Wildman–Crippen MR) is 101 cm³/mol. The summed E-state index contributed by atoms with van der Waals surface area (Å²) in [6.45, 7) is 2.33. The van der Waals surface area contributed by atoms with E-state index >= 15 is 0 Å². The molecule has 1 saturated heterocycles. The molecule has 4 rings (SSSR count). The Morgan fingerprint density at radius 3 is 2.61 bits per heavy atom. The Morgan fingerprint density at radius 2 is 1.89 bits per heavy atom. The van der Waals surface area contributed by atoms with Crippen molar-refractivity contribution in [2.45, 2.75) is 19.4 Å². The molecule has 2 heterocycles. The zero-order valence-corrected chi connectivity index (χ0v) is 15.4. The van der Waals surface area contributed by atoms with Crippen molar-refractivity contribution >= 4 is 23.4 Å². The molecule has 0 radical (unpaired) electrons. The number of carbonyl (C=O) groups excluding carboxylic acids is 3. The summed E-state index contributed by atoms with van der Waals surface area (Å²) in [5.74, 6) is -0.922. The second-order valence-corrected chi connectivity index (χ2v) is 7.14. The number of amides is 3. The molecule has 2 aromatic carbocycles. The van der Waals surface area contributed by atoms with E-state index in [1.54, 1.807) is 35.2 Å². The quantitative estimate of drug-likeness (QED) is 0.868. The van der Waals surface area contributed by atoms with Crippen molar-refractivity contribution in [3.8, 4) is 0 Å². The number of piperazine rings is 1. The first-order valence-corrected chi connectivity index (χ1v) is 9.17. The molecular formula is C21H20FN3O3. The van der Waals surface area contributed by atoms with Crippen LogP contribution in [0.5, 0.6) is 0 Å². The maximum Gasteiger partial charge on any atom is 0.254 e. The van der Waals surface area contributed by atoms with Gasteiger partial charge in [0, 0.05) is 31.3 Å². The summed E-state index contributed by atoms with van der Waals surface area (Å²) in [5.41, 5.74) is 2.83. The monoisotopic (exact) mass is 381 g/mol. The number of benzene rings is 2. The van der Waals surface area contributed by atoms with E-state index in [-0.39, 0.29) is 36.1 Å². The number of nitrogens with zero attached hydrogens (tertiary/aromatic N) is 2. The topological polar surface area (TPSA) is 69.7 Å². The van der Waals surface area contributed by atoms with Crippen LogP contribution in [0.15, 0.2) is 42.5 Å². The van der Waals surface area contributed by atoms with Crippen LogP contribution in [-0.2, 0) is 16.0 Å². The van der Waals surface area contributed by atoms with Gasteiger partial charge in [-0.05, 0) is 53.9 Å². The molecule has 6 nitrogen and oxygen atoms in total. The molecule has 144 valence electrons. The zero-order chi connectivity index (χ0) is 19.8. The summed E-state index contributed by atoms with van der Waals surface area (Å²) in [4.78, 5) is 39.9. The van der Waals surface area contributed by atoms with E-state index in [1.807, 2.05) is 0 Å². The molecule has 3 amide bonds. The van der Waals surface area contributed by atoms with Crippen LogP contribution in [0.3, 0.4) is 0 Å². The molecule has 1 atom stereocenters. The fourth-order valence-corrected chi connectivity index (χ4v) is 3.93. The first-order valence-electron chi connectivity index (χ1n) is 9.17. The summed E-state index contributed by atoms with van der Waals surface area (Å²) in [7, 11) is 0. The highest BCUT2D eigenvalue weighted by Crippen LogP contribution is 2.34. The average molecular weight is 381 g/mol. The van der Waals surface area contributed by atoms with Gasteiger partial charge in [-0.15, -0.1) is 0 Å². The van der Waals surface area contributed by atoms with Gasteiger partial charge < -0.3 is 15.1 Å². The van der Waals surface area contributed by atoms with Gasteiger partial charge >= 0.3 is 0 Å². The number of halogens is 1. The van der Waals surface area contributed by atoms with Crippen LogP contribution < -0.4 is 5.32 Å². The van der Waals surface area contributed by atoms with Gasteiger partial charge in [0.1, 0.15) is 12.4 Å². The van der Waals surface area contributed by atoms with Gasteiger partial charge in [-0.2, -0.15) is 0 Å². The van der Waals surface area contributed by atoms with E-state index < -0.39 is 0 Å². The van der Waals surface area contributed by atoms with Crippen LogP contribution in [-0.4, -0.2) is 47.2 Å². The SMILES string of the molecule is CC(=O)Nc1ccc(C(=O)N2CC(=O)N3CCc4ccc(F)cc4C3C2)cc1. The highest BCUT2D eigenvalue weighted by Gasteiger charge is 2.38. The number of fused-ring (bicyclic) bond motifs is 3. The molecule has 0 aromatic heterocycles. The first-order chi connectivity index (χ1) is 13.4. The minimum absolute atomic E-state index is 0.00737. The third-order valence-electron chi connectivity index (χ3n) is 5.24. The Labute approximate surface area is 161 Å². The third-order valence-corrected chi connectivity index (χ3v) is 5.24. The molecule has 7 heteroatoms. The van der Waals surface area contributed by atoms with Gasteiger partial charge in [0.2, 0.25) is 11.8 Å². The summed E-state index contributed by atoms with van der Waals surface area (Å²) in [6, 6.07) is 10.9. The minimum atomic E-state index is -0.343. The van der Waals surface area contributed by atoms with Crippen LogP contribution in [0.25, 0.3) is 0 Å². The molecule has 0 saturated carbocycles. The Balaban J connectivity index is 1.57. The van der Waals surface area contributed by atoms with E-state index in [4.69, 9.17) is 0 Å². The second kappa shape index (κ2) is 7.07. The summed E-state index contributed by atoms with van der Waals surface area (Å²) < 4.78 is 13.8. The van der Waals surface area contributed by atoms with E-state index in [0.717, 1.165) is 11.1 Å². The normalized spacial score (nSPS) is 18.4. The third kappa shape index (κ3) is 3.35. The minimum Gasteiger partial charge on any atom is -0.332 e. The molecular weight excluding hydrogens is 361 g/mol. The molecule has 2 aromatic rings. The van der Waals surface area contributed by atoms with E-state index in [9.17, 15) is 18.8 Å². The van der Waals surface area contributed by atoms with Crippen LogP contribution in [0, 0.1) is 5.82 Å². The highest BCUT2D eigenvalue weighted by atomic mass is 19.1. The van der Waals surface area contributed by atoms with Crippen molar-refractivity contribution in [1.82, 2.24) is 9.80 Å². The fraction of sp³-hybridized carbons (Fsp3) is 0.286. The Morgan fingerprint density at radius 1 is 1.14 bits per heavy atom. The van der Waals surface area contributed by atoms with Gasteiger partial charge in [0.05, 0.1) is 6.04 Å². The summed E-state index contributed by atoms with van der Waals surface area (Å²) >= 11 is 0. The van der Waals surface area contributed by atoms with Crippen LogP contribution in [0.4, 0.5) is 10.1 Å². The molecule has 2 aliphatic rings. The lowest BCUT2D eigenvalue weighted by Gasteiger charge is -2.44. The molecule has 0 bridgehead atoms. The average Bonchev–Trinajstić information content (AvgIpc) is 2.67. The molecule has 2 aliphatic heterocycles. The predicted octanol–water partition coefficient (Wildman–Crippen LogP) is 2.37. The Hall–Kier alpha value is -3.22. The maximum atomic E-state index is 13.8. The Kier molecular flexibility index (Phi) is 4.58. The van der Waals surface area contributed by atoms with Gasteiger partial charge in [0.15, 0.2) is 0 Å². The fourth-order valence-electron chi connectivity index (χ4n) is 3.93. The van der Waals surface area contributed by atoms with Gasteiger partial charge in [-0.25, -0.2) is 4.39 Å². The largest absolute Gasteiger partial charge is 0.332 e. The van der Waals surface area contributed by atoms with Crippen molar-refractivity contribution in [2.75, 3.05) is 25.0 Å². The van der Waals surface area contributed by atoms with Crippen LogP contribution >= 0.6 is 0 Å². The smallest absolute Gasteiger partial charge is 0.254 e. The summed E-state index contributed by atoms with van der Waals surface area (Å²) in [5, 5.41) is 2.65. The number of nitrogens with one attached hydrogen (secondary N) is 1. The number of carbonyl (C=O) groups is 3. The lowest BCUT2D eigenvalue weighted by atomic mass is 9.90. The number of hydrogen-bond acceptors (Lipinski definition) is 3. The molecule has 0 spiro atoms. The molecule has 0 aliphatic carbocycles. The lowest BCUT2D eigenvalue weighted by molar-refractivity contribution is -0.139. The highest BCUT2D eigenvalue weighted by molar-refractivity contribution is 5.98. The second-order valence-electron chi connectivity index (χ2n) is 7.14. The van der Waals surface area contributed by atoms with Crippen LogP contribution in [0.1, 0.15) is 34.5 Å². The lowest BCUT2D eigenvalue weighted by Crippen LogP contribution is -2.55. The van der Waals surface area contributed by atoms with Crippen LogP contribution in [0.2, 0.25) is 0 Å². The molecule has 1 unspecified atom stereocenters. The molecule has 1 fully saturated rings. The van der Waals surface area contributed by atoms with Gasteiger partial charge in [-0.3, -0.25) is 14.4 Å². The molecule has 1 N–H and O–H groups in total. The number of rotatable bonds is 2. The van der Waals surface area contributed by atoms with Gasteiger partial charge in [0.25, 0.3) is 5.91 Å². The summed E-state index contributed by atoms with van der Waals surface area (Å²) in [6.07, 6.45) is 0.691. The number of anilines is 1. The number of hydrogen-bond donors (Lipinski definition) is 1. The van der Waals surface area contributed by atoms with E-state index in [1.165, 1.54) is 24.0 Å². The Bertz CT molecular complexity index is 958. The van der Waals surface area contributed by atoms with Gasteiger partial charge in [-0.1, -0.05) is 6.07 Å². The van der Waals surface area contributed by atoms with Crippen molar-refractivity contribution in [3.05, 3.63) is 65.0 Å². The molecule has 28 heavy (non-hydrogen) atoms. The maximum absolute atomic E-state index is 13.8. The van der Waals surface area contributed by atoms with Crippen molar-refractivity contribution in [2.24, 2.45) is 0 Å². The standard InChI is InChI=1S/C21H20FN3O3/c1-13(26)23-17-6-3-15(4-7-17)21(28)24-11-19-18-10-16(22)5-2-14(18)8-9-25(19)20(27)12-24/h2-7,10,19H,8-9,11-12H2,1H3,(H,23,26). The van der Waals surface area contributed by atoms with Crippen molar-refractivity contribution in [1.29, 1.82) is 0 Å². The van der Waals surface area contributed by atoms with E-state index in [2.05, 4.69) is 5.32 Å². The van der Waals surface area contributed by atoms with E-state index in [0.29, 0.717) is 30.8 Å². The van der Waals surface area contributed by atoms with Crippen molar-refractivity contribution in [3.63, 3.8) is 0 Å². The van der Waals surface area contributed by atoms with Crippen molar-refractivity contribution < 1.29 is 18.8 Å². The zero-order valence-electron chi connectivity index (χ0n) is 15.4.